The predicted molar refractivity (Wildman–Crippen MR) is 63.8 cm³/mol. The van der Waals surface area contributed by atoms with Crippen LogP contribution in [0, 0.1) is 0 Å². The van der Waals surface area contributed by atoms with Crippen LogP contribution in [0.25, 0.3) is 0 Å². The highest BCUT2D eigenvalue weighted by molar-refractivity contribution is 5.68. The minimum absolute atomic E-state index is 0.112. The molecule has 0 fully saturated rings. The van der Waals surface area contributed by atoms with Crippen molar-refractivity contribution in [2.45, 2.75) is 38.9 Å². The largest absolute Gasteiger partial charge is 0.416 e. The van der Waals surface area contributed by atoms with Crippen LogP contribution in [0.4, 0.5) is 24.5 Å². The quantitative estimate of drug-likeness (QED) is 0.794. The first-order valence-electron chi connectivity index (χ1n) is 5.40. The van der Waals surface area contributed by atoms with Crippen LogP contribution in [0.15, 0.2) is 18.2 Å². The summed E-state index contributed by atoms with van der Waals surface area (Å²) in [6.07, 6.45) is -3.51. The minimum atomic E-state index is -4.35. The Morgan fingerprint density at radius 3 is 2.24 bits per heavy atom. The summed E-state index contributed by atoms with van der Waals surface area (Å²) < 4.78 is 37.3. The first-order chi connectivity index (χ1) is 7.65. The maximum atomic E-state index is 12.4. The van der Waals surface area contributed by atoms with Gasteiger partial charge < -0.3 is 11.1 Å². The number of hydrogen-bond acceptors (Lipinski definition) is 2. The molecule has 5 heteroatoms. The summed E-state index contributed by atoms with van der Waals surface area (Å²) in [6, 6.07) is 3.36. The summed E-state index contributed by atoms with van der Waals surface area (Å²) in [5, 5.41) is 3.12. The number of hydrogen-bond donors (Lipinski definition) is 2. The van der Waals surface area contributed by atoms with E-state index < -0.39 is 11.7 Å². The molecule has 0 aliphatic carbocycles. The average Bonchev–Trinajstić information content (AvgIpc) is 2.19. The number of anilines is 2. The van der Waals surface area contributed by atoms with Gasteiger partial charge in [0.1, 0.15) is 0 Å². The van der Waals surface area contributed by atoms with Crippen molar-refractivity contribution in [3.8, 4) is 0 Å². The van der Waals surface area contributed by atoms with E-state index in [-0.39, 0.29) is 11.2 Å². The normalized spacial score (nSPS) is 12.6. The smallest absolute Gasteiger partial charge is 0.397 e. The molecule has 96 valence electrons. The van der Waals surface area contributed by atoms with Crippen LogP contribution in [-0.2, 0) is 6.18 Å². The van der Waals surface area contributed by atoms with Gasteiger partial charge in [-0.25, -0.2) is 0 Å². The van der Waals surface area contributed by atoms with Crippen LogP contribution in [-0.4, -0.2) is 5.54 Å². The van der Waals surface area contributed by atoms with Crippen molar-refractivity contribution in [1.29, 1.82) is 0 Å². The van der Waals surface area contributed by atoms with Crippen LogP contribution >= 0.6 is 0 Å². The third-order valence-electron chi connectivity index (χ3n) is 2.74. The molecule has 0 amide bonds. The van der Waals surface area contributed by atoms with Crippen molar-refractivity contribution in [1.82, 2.24) is 0 Å². The molecule has 0 bridgehead atoms. The van der Waals surface area contributed by atoms with Crippen LogP contribution in [0.1, 0.15) is 32.8 Å². The molecule has 0 radical (unpaired) electrons. The fraction of sp³-hybridized carbons (Fsp3) is 0.500. The summed E-state index contributed by atoms with van der Waals surface area (Å²) in [5.41, 5.74) is 5.33. The van der Waals surface area contributed by atoms with Gasteiger partial charge in [-0.2, -0.15) is 13.2 Å². The van der Waals surface area contributed by atoms with Crippen LogP contribution in [0.3, 0.4) is 0 Å². The number of alkyl halides is 3. The number of nitrogen functional groups attached to an aromatic ring is 1. The Labute approximate surface area is 99.0 Å². The molecule has 3 N–H and O–H groups in total. The van der Waals surface area contributed by atoms with Gasteiger partial charge in [-0.3, -0.25) is 0 Å². The SMILES string of the molecule is CCC(C)(C)Nc1ccc(C(F)(F)F)cc1N. The lowest BCUT2D eigenvalue weighted by atomic mass is 10.0. The molecule has 2 nitrogen and oxygen atoms in total. The monoisotopic (exact) mass is 246 g/mol. The molecule has 1 rings (SSSR count). The van der Waals surface area contributed by atoms with E-state index >= 15 is 0 Å². The molecule has 0 spiro atoms. The van der Waals surface area contributed by atoms with Crippen molar-refractivity contribution < 1.29 is 13.2 Å². The molecular weight excluding hydrogens is 229 g/mol. The Morgan fingerprint density at radius 1 is 1.24 bits per heavy atom. The minimum Gasteiger partial charge on any atom is -0.397 e. The van der Waals surface area contributed by atoms with E-state index in [4.69, 9.17) is 5.73 Å². The maximum absolute atomic E-state index is 12.4. The van der Waals surface area contributed by atoms with E-state index in [0.717, 1.165) is 18.6 Å². The van der Waals surface area contributed by atoms with Crippen molar-refractivity contribution in [2.24, 2.45) is 0 Å². The van der Waals surface area contributed by atoms with Gasteiger partial charge in [0.15, 0.2) is 0 Å². The van der Waals surface area contributed by atoms with Crippen molar-refractivity contribution in [2.75, 3.05) is 11.1 Å². The fourth-order valence-electron chi connectivity index (χ4n) is 1.31. The van der Waals surface area contributed by atoms with Gasteiger partial charge in [-0.15, -0.1) is 0 Å². The lowest BCUT2D eigenvalue weighted by molar-refractivity contribution is -0.137. The number of halogens is 3. The number of rotatable bonds is 3. The molecule has 17 heavy (non-hydrogen) atoms. The van der Waals surface area contributed by atoms with Gasteiger partial charge in [0.05, 0.1) is 16.9 Å². The van der Waals surface area contributed by atoms with Crippen LogP contribution < -0.4 is 11.1 Å². The molecule has 1 aromatic rings. The zero-order valence-corrected chi connectivity index (χ0v) is 10.2. The zero-order chi connectivity index (χ0) is 13.3. The van der Waals surface area contributed by atoms with E-state index in [9.17, 15) is 13.2 Å². The lowest BCUT2D eigenvalue weighted by Crippen LogP contribution is -2.30. The summed E-state index contributed by atoms with van der Waals surface area (Å²) in [7, 11) is 0. The predicted octanol–water partition coefficient (Wildman–Crippen LogP) is 3.89. The Bertz CT molecular complexity index is 397. The average molecular weight is 246 g/mol. The topological polar surface area (TPSA) is 38.0 Å². The molecule has 0 saturated heterocycles. The second kappa shape index (κ2) is 4.47. The summed E-state index contributed by atoms with van der Waals surface area (Å²) >= 11 is 0. The van der Waals surface area contributed by atoms with E-state index in [1.54, 1.807) is 0 Å². The molecule has 0 saturated carbocycles. The highest BCUT2D eigenvalue weighted by Crippen LogP contribution is 2.33. The molecule has 0 aliphatic heterocycles. The van der Waals surface area contributed by atoms with Gasteiger partial charge in [-0.1, -0.05) is 6.92 Å². The van der Waals surface area contributed by atoms with Crippen molar-refractivity contribution in [3.63, 3.8) is 0 Å². The summed E-state index contributed by atoms with van der Waals surface area (Å²) in [4.78, 5) is 0. The highest BCUT2D eigenvalue weighted by atomic mass is 19.4. The maximum Gasteiger partial charge on any atom is 0.416 e. The van der Waals surface area contributed by atoms with E-state index in [2.05, 4.69) is 5.32 Å². The second-order valence-corrected chi connectivity index (χ2v) is 4.66. The Kier molecular flexibility index (Phi) is 3.59. The third kappa shape index (κ3) is 3.54. The van der Waals surface area contributed by atoms with E-state index in [1.165, 1.54) is 6.07 Å². The van der Waals surface area contributed by atoms with Crippen LogP contribution in [0.5, 0.6) is 0 Å². The standard InChI is InChI=1S/C12H17F3N2/c1-4-11(2,3)17-10-6-5-8(7-9(10)16)12(13,14)15/h5-7,17H,4,16H2,1-3H3. The summed E-state index contributed by atoms with van der Waals surface area (Å²) in [5.74, 6) is 0. The molecule has 1 aromatic carbocycles. The number of nitrogens with one attached hydrogen (secondary N) is 1. The van der Waals surface area contributed by atoms with Gasteiger partial charge >= 0.3 is 6.18 Å². The molecule has 0 aliphatic rings. The molecule has 0 heterocycles. The highest BCUT2D eigenvalue weighted by Gasteiger charge is 2.31. The fourth-order valence-corrected chi connectivity index (χ4v) is 1.31. The van der Waals surface area contributed by atoms with Crippen LogP contribution in [0.2, 0.25) is 0 Å². The van der Waals surface area contributed by atoms with Crippen molar-refractivity contribution >= 4 is 11.4 Å². The molecular formula is C12H17F3N2. The number of benzene rings is 1. The van der Waals surface area contributed by atoms with Gasteiger partial charge in [0, 0.05) is 5.54 Å². The Balaban J connectivity index is 2.99. The second-order valence-electron chi connectivity index (χ2n) is 4.66. The first-order valence-corrected chi connectivity index (χ1v) is 5.40. The summed E-state index contributed by atoms with van der Waals surface area (Å²) in [6.45, 7) is 5.92. The Morgan fingerprint density at radius 2 is 1.82 bits per heavy atom. The lowest BCUT2D eigenvalue weighted by Gasteiger charge is -2.27. The zero-order valence-electron chi connectivity index (χ0n) is 10.2. The molecule has 0 unspecified atom stereocenters. The van der Waals surface area contributed by atoms with Gasteiger partial charge in [0.2, 0.25) is 0 Å². The van der Waals surface area contributed by atoms with E-state index in [1.807, 2.05) is 20.8 Å². The Hall–Kier alpha value is -1.39. The van der Waals surface area contributed by atoms with Crippen molar-refractivity contribution in [3.05, 3.63) is 23.8 Å². The van der Waals surface area contributed by atoms with Gasteiger partial charge in [-0.05, 0) is 38.5 Å². The molecule has 0 aromatic heterocycles. The first kappa shape index (κ1) is 13.7. The number of nitrogens with two attached hydrogens (primary N) is 1. The van der Waals surface area contributed by atoms with E-state index in [0.29, 0.717) is 5.69 Å². The third-order valence-corrected chi connectivity index (χ3v) is 2.74. The molecule has 0 atom stereocenters. The van der Waals surface area contributed by atoms with Gasteiger partial charge in [0.25, 0.3) is 0 Å².